The second-order valence-electron chi connectivity index (χ2n) is 3.77. The quantitative estimate of drug-likeness (QED) is 0.895. The number of carboxylic acid groups (broad SMARTS) is 1. The van der Waals surface area contributed by atoms with E-state index in [-0.39, 0.29) is 16.8 Å². The lowest BCUT2D eigenvalue weighted by Gasteiger charge is -2.10. The molecule has 6 nitrogen and oxygen atoms in total. The standard InChI is InChI=1S/C13H8BrNO5/c14-9-3-1-2-8(13(18)19)11(9)15-12(17)7-4-5-10(16)20-6-7/h1-6H,(H,15,17)(H,18,19). The van der Waals surface area contributed by atoms with E-state index >= 15 is 0 Å². The summed E-state index contributed by atoms with van der Waals surface area (Å²) in [5.74, 6) is -1.75. The maximum Gasteiger partial charge on any atom is 0.337 e. The number of amides is 1. The lowest BCUT2D eigenvalue weighted by Crippen LogP contribution is -2.16. The van der Waals surface area contributed by atoms with Gasteiger partial charge in [-0.25, -0.2) is 9.59 Å². The van der Waals surface area contributed by atoms with E-state index in [9.17, 15) is 14.4 Å². The lowest BCUT2D eigenvalue weighted by atomic mass is 10.1. The Morgan fingerprint density at radius 2 is 1.95 bits per heavy atom. The molecule has 0 atom stereocenters. The number of hydrogen-bond donors (Lipinski definition) is 2. The number of carbonyl (C=O) groups is 2. The van der Waals surface area contributed by atoms with Gasteiger partial charge in [0.2, 0.25) is 0 Å². The number of rotatable bonds is 3. The number of benzene rings is 1. The molecular formula is C13H8BrNO5. The van der Waals surface area contributed by atoms with Crippen LogP contribution in [-0.4, -0.2) is 17.0 Å². The van der Waals surface area contributed by atoms with E-state index in [0.717, 1.165) is 12.3 Å². The molecule has 0 spiro atoms. The molecule has 0 saturated heterocycles. The van der Waals surface area contributed by atoms with Crippen LogP contribution in [0, 0.1) is 0 Å². The van der Waals surface area contributed by atoms with Gasteiger partial charge in [0.05, 0.1) is 16.8 Å². The van der Waals surface area contributed by atoms with Crippen molar-refractivity contribution in [3.8, 4) is 0 Å². The number of halogens is 1. The van der Waals surface area contributed by atoms with Crippen LogP contribution >= 0.6 is 15.9 Å². The summed E-state index contributed by atoms with van der Waals surface area (Å²) in [4.78, 5) is 33.9. The second kappa shape index (κ2) is 5.70. The van der Waals surface area contributed by atoms with E-state index in [2.05, 4.69) is 25.7 Å². The van der Waals surface area contributed by atoms with Crippen molar-refractivity contribution in [1.29, 1.82) is 0 Å². The second-order valence-corrected chi connectivity index (χ2v) is 4.62. The minimum absolute atomic E-state index is 0.0508. The van der Waals surface area contributed by atoms with Gasteiger partial charge in [-0.3, -0.25) is 4.79 Å². The fourth-order valence-corrected chi connectivity index (χ4v) is 1.97. The van der Waals surface area contributed by atoms with E-state index in [4.69, 9.17) is 5.11 Å². The third-order valence-corrected chi connectivity index (χ3v) is 3.11. The van der Waals surface area contributed by atoms with Gasteiger partial charge < -0.3 is 14.8 Å². The van der Waals surface area contributed by atoms with Gasteiger partial charge >= 0.3 is 11.6 Å². The van der Waals surface area contributed by atoms with E-state index in [1.54, 1.807) is 12.1 Å². The highest BCUT2D eigenvalue weighted by atomic mass is 79.9. The van der Waals surface area contributed by atoms with Gasteiger partial charge in [0.1, 0.15) is 6.26 Å². The van der Waals surface area contributed by atoms with Crippen LogP contribution in [0.15, 0.2) is 50.3 Å². The smallest absolute Gasteiger partial charge is 0.337 e. The van der Waals surface area contributed by atoms with Crippen molar-refractivity contribution in [3.63, 3.8) is 0 Å². The van der Waals surface area contributed by atoms with Crippen LogP contribution in [0.5, 0.6) is 0 Å². The number of hydrogen-bond acceptors (Lipinski definition) is 4. The van der Waals surface area contributed by atoms with Gasteiger partial charge in [0.25, 0.3) is 5.91 Å². The molecule has 2 rings (SSSR count). The van der Waals surface area contributed by atoms with Crippen LogP contribution in [0.1, 0.15) is 20.7 Å². The van der Waals surface area contributed by atoms with Gasteiger partial charge in [-0.15, -0.1) is 0 Å². The molecule has 0 aliphatic carbocycles. The topological polar surface area (TPSA) is 96.6 Å². The Morgan fingerprint density at radius 3 is 2.55 bits per heavy atom. The van der Waals surface area contributed by atoms with E-state index in [1.165, 1.54) is 12.1 Å². The molecule has 0 fully saturated rings. The number of para-hydroxylation sites is 1. The fourth-order valence-electron chi connectivity index (χ4n) is 1.50. The highest BCUT2D eigenvalue weighted by Gasteiger charge is 2.16. The molecule has 0 radical (unpaired) electrons. The Labute approximate surface area is 121 Å². The molecule has 2 aromatic rings. The molecule has 0 aliphatic heterocycles. The SMILES string of the molecule is O=C(Nc1c(Br)cccc1C(=O)O)c1ccc(=O)oc1. The normalized spacial score (nSPS) is 10.1. The molecule has 1 aromatic heterocycles. The summed E-state index contributed by atoms with van der Waals surface area (Å²) >= 11 is 3.18. The van der Waals surface area contributed by atoms with Crippen molar-refractivity contribution in [2.24, 2.45) is 0 Å². The predicted molar refractivity (Wildman–Crippen MR) is 74.0 cm³/mol. The lowest BCUT2D eigenvalue weighted by molar-refractivity contribution is 0.0698. The maximum atomic E-state index is 12.0. The van der Waals surface area contributed by atoms with Crippen molar-refractivity contribution < 1.29 is 19.1 Å². The number of anilines is 1. The largest absolute Gasteiger partial charge is 0.478 e. The van der Waals surface area contributed by atoms with Crippen molar-refractivity contribution in [2.45, 2.75) is 0 Å². The first-order valence-electron chi connectivity index (χ1n) is 5.41. The number of aromatic carboxylic acids is 1. The molecule has 2 N–H and O–H groups in total. The summed E-state index contributed by atoms with van der Waals surface area (Å²) in [6.07, 6.45) is 1.01. The van der Waals surface area contributed by atoms with Crippen LogP contribution in [0.4, 0.5) is 5.69 Å². The third-order valence-electron chi connectivity index (χ3n) is 2.45. The zero-order chi connectivity index (χ0) is 14.7. The minimum Gasteiger partial charge on any atom is -0.478 e. The van der Waals surface area contributed by atoms with Crippen LogP contribution in [0.2, 0.25) is 0 Å². The average molecular weight is 338 g/mol. The Bertz CT molecular complexity index is 717. The van der Waals surface area contributed by atoms with Crippen LogP contribution < -0.4 is 10.9 Å². The molecule has 20 heavy (non-hydrogen) atoms. The summed E-state index contributed by atoms with van der Waals surface area (Å²) in [7, 11) is 0. The van der Waals surface area contributed by atoms with Crippen molar-refractivity contribution in [1.82, 2.24) is 0 Å². The van der Waals surface area contributed by atoms with E-state index in [0.29, 0.717) is 4.47 Å². The molecule has 0 aliphatic rings. The molecule has 0 bridgehead atoms. The van der Waals surface area contributed by atoms with Crippen molar-refractivity contribution in [2.75, 3.05) is 5.32 Å². The van der Waals surface area contributed by atoms with Crippen LogP contribution in [0.25, 0.3) is 0 Å². The summed E-state index contributed by atoms with van der Waals surface area (Å²) in [6, 6.07) is 6.91. The monoisotopic (exact) mass is 337 g/mol. The number of carbonyl (C=O) groups excluding carboxylic acids is 1. The summed E-state index contributed by atoms with van der Waals surface area (Å²) in [6.45, 7) is 0. The van der Waals surface area contributed by atoms with Gasteiger partial charge in [-0.2, -0.15) is 0 Å². The van der Waals surface area contributed by atoms with Crippen molar-refractivity contribution >= 4 is 33.5 Å². The molecule has 1 aromatic carbocycles. The average Bonchev–Trinajstić information content (AvgIpc) is 2.41. The molecule has 7 heteroatoms. The predicted octanol–water partition coefficient (Wildman–Crippen LogP) is 2.35. The Kier molecular flexibility index (Phi) is 3.99. The van der Waals surface area contributed by atoms with Gasteiger partial charge in [0, 0.05) is 10.5 Å². The molecule has 0 unspecified atom stereocenters. The van der Waals surface area contributed by atoms with Gasteiger partial charge in [-0.1, -0.05) is 6.07 Å². The zero-order valence-electron chi connectivity index (χ0n) is 9.92. The third kappa shape index (κ3) is 2.94. The zero-order valence-corrected chi connectivity index (χ0v) is 11.5. The van der Waals surface area contributed by atoms with Gasteiger partial charge in [-0.05, 0) is 34.1 Å². The first-order chi connectivity index (χ1) is 9.49. The minimum atomic E-state index is -1.17. The Balaban J connectivity index is 2.35. The Morgan fingerprint density at radius 1 is 1.20 bits per heavy atom. The van der Waals surface area contributed by atoms with E-state index in [1.807, 2.05) is 0 Å². The molecule has 0 saturated carbocycles. The summed E-state index contributed by atoms with van der Waals surface area (Å²) in [5, 5.41) is 11.5. The number of nitrogens with one attached hydrogen (secondary N) is 1. The van der Waals surface area contributed by atoms with Crippen LogP contribution in [-0.2, 0) is 0 Å². The summed E-state index contributed by atoms with van der Waals surface area (Å²) in [5.41, 5.74) is -0.383. The van der Waals surface area contributed by atoms with Gasteiger partial charge in [0.15, 0.2) is 0 Å². The van der Waals surface area contributed by atoms with Crippen molar-refractivity contribution in [3.05, 3.63) is 62.6 Å². The highest BCUT2D eigenvalue weighted by molar-refractivity contribution is 9.10. The fraction of sp³-hybridized carbons (Fsp3) is 0. The maximum absolute atomic E-state index is 12.0. The highest BCUT2D eigenvalue weighted by Crippen LogP contribution is 2.27. The first-order valence-corrected chi connectivity index (χ1v) is 6.20. The molecular weight excluding hydrogens is 330 g/mol. The molecule has 1 heterocycles. The first kappa shape index (κ1) is 14.0. The van der Waals surface area contributed by atoms with E-state index < -0.39 is 17.5 Å². The van der Waals surface area contributed by atoms with Crippen LogP contribution in [0.3, 0.4) is 0 Å². The Hall–Kier alpha value is -2.41. The molecule has 102 valence electrons. The summed E-state index contributed by atoms with van der Waals surface area (Å²) < 4.78 is 5.01. The number of carboxylic acids is 1. The molecule has 1 amide bonds.